The van der Waals surface area contributed by atoms with Crippen LogP contribution >= 0.6 is 0 Å². The predicted octanol–water partition coefficient (Wildman–Crippen LogP) is 3.27. The van der Waals surface area contributed by atoms with E-state index in [1.165, 1.54) is 14.2 Å². The van der Waals surface area contributed by atoms with Gasteiger partial charge in [-0.1, -0.05) is 24.3 Å². The van der Waals surface area contributed by atoms with Crippen LogP contribution in [0.25, 0.3) is 11.0 Å². The van der Waals surface area contributed by atoms with Gasteiger partial charge in [0.25, 0.3) is 0 Å². The Morgan fingerprint density at radius 3 is 2.59 bits per heavy atom. The molecule has 1 aromatic heterocycles. The van der Waals surface area contributed by atoms with Crippen molar-refractivity contribution >= 4 is 16.9 Å². The second-order valence-electron chi connectivity index (χ2n) is 6.48. The van der Waals surface area contributed by atoms with Crippen LogP contribution in [0, 0.1) is 0 Å². The zero-order chi connectivity index (χ0) is 20.5. The monoisotopic (exact) mass is 396 g/mol. The minimum absolute atomic E-state index is 0.187. The Kier molecular flexibility index (Phi) is 4.88. The van der Waals surface area contributed by atoms with Gasteiger partial charge in [0.05, 0.1) is 37.7 Å². The van der Waals surface area contributed by atoms with Gasteiger partial charge in [-0.2, -0.15) is 0 Å². The first kappa shape index (κ1) is 18.9. The van der Waals surface area contributed by atoms with Crippen LogP contribution in [-0.4, -0.2) is 32.9 Å². The third kappa shape index (κ3) is 2.99. The van der Waals surface area contributed by atoms with E-state index in [0.717, 1.165) is 0 Å². The number of rotatable bonds is 5. The molecule has 4 rings (SSSR count). The van der Waals surface area contributed by atoms with E-state index < -0.39 is 23.6 Å². The van der Waals surface area contributed by atoms with Crippen molar-refractivity contribution in [2.75, 3.05) is 20.8 Å². The topological polar surface area (TPSA) is 84.2 Å². The van der Waals surface area contributed by atoms with Gasteiger partial charge in [-0.05, 0) is 25.1 Å². The first-order chi connectivity index (χ1) is 14.1. The predicted molar refractivity (Wildman–Crippen MR) is 105 cm³/mol. The minimum atomic E-state index is -1.06. The average Bonchev–Trinajstić information content (AvgIpc) is 3.15. The lowest BCUT2D eigenvalue weighted by Crippen LogP contribution is -2.32. The Labute approximate surface area is 166 Å². The van der Waals surface area contributed by atoms with Gasteiger partial charge >= 0.3 is 11.6 Å². The van der Waals surface area contributed by atoms with Gasteiger partial charge < -0.3 is 23.4 Å². The van der Waals surface area contributed by atoms with Crippen LogP contribution in [0.5, 0.6) is 17.2 Å². The van der Waals surface area contributed by atoms with Gasteiger partial charge in [0.15, 0.2) is 11.5 Å². The summed E-state index contributed by atoms with van der Waals surface area (Å²) < 4.78 is 27.7. The number of fused-ring (bicyclic) bond motifs is 3. The van der Waals surface area contributed by atoms with Crippen LogP contribution in [0.4, 0.5) is 0 Å². The van der Waals surface area contributed by atoms with Crippen molar-refractivity contribution in [3.05, 3.63) is 64.0 Å². The second kappa shape index (κ2) is 7.50. The van der Waals surface area contributed by atoms with E-state index in [-0.39, 0.29) is 12.2 Å². The molecule has 0 saturated heterocycles. The van der Waals surface area contributed by atoms with Crippen molar-refractivity contribution in [3.8, 4) is 17.2 Å². The molecular formula is C22H20O7. The summed E-state index contributed by atoms with van der Waals surface area (Å²) in [6.07, 6.45) is -1.06. The molecule has 0 N–H and O–H groups in total. The lowest BCUT2D eigenvalue weighted by atomic mass is 9.87. The van der Waals surface area contributed by atoms with Crippen LogP contribution in [-0.2, 0) is 9.53 Å². The lowest BCUT2D eigenvalue weighted by molar-refractivity contribution is -0.151. The fourth-order valence-electron chi connectivity index (χ4n) is 3.76. The number of carbonyl (C=O) groups is 1. The van der Waals surface area contributed by atoms with Crippen LogP contribution < -0.4 is 19.8 Å². The van der Waals surface area contributed by atoms with E-state index in [1.807, 2.05) is 6.07 Å². The fourth-order valence-corrected chi connectivity index (χ4v) is 3.76. The molecule has 150 valence electrons. The number of hydrogen-bond acceptors (Lipinski definition) is 7. The van der Waals surface area contributed by atoms with Gasteiger partial charge in [-0.25, -0.2) is 9.59 Å². The molecule has 2 unspecified atom stereocenters. The van der Waals surface area contributed by atoms with Crippen molar-refractivity contribution in [1.82, 2.24) is 0 Å². The highest BCUT2D eigenvalue weighted by Gasteiger charge is 2.46. The summed E-state index contributed by atoms with van der Waals surface area (Å²) in [4.78, 5) is 25.7. The third-order valence-corrected chi connectivity index (χ3v) is 4.94. The molecule has 2 atom stereocenters. The molecule has 29 heavy (non-hydrogen) atoms. The summed E-state index contributed by atoms with van der Waals surface area (Å²) >= 11 is 0. The zero-order valence-electron chi connectivity index (χ0n) is 16.3. The molecule has 0 aliphatic carbocycles. The number of benzene rings is 2. The van der Waals surface area contributed by atoms with E-state index in [9.17, 15) is 9.59 Å². The van der Waals surface area contributed by atoms with E-state index in [2.05, 4.69) is 0 Å². The first-order valence-corrected chi connectivity index (χ1v) is 9.20. The zero-order valence-corrected chi connectivity index (χ0v) is 16.3. The highest BCUT2D eigenvalue weighted by atomic mass is 16.6. The smallest absolute Gasteiger partial charge is 0.348 e. The van der Waals surface area contributed by atoms with E-state index in [1.54, 1.807) is 43.3 Å². The normalized spacial score (nSPS) is 17.5. The number of para-hydroxylation sites is 2. The fraction of sp³-hybridized carbons (Fsp3) is 0.273. The molecule has 3 aromatic rings. The Morgan fingerprint density at radius 1 is 1.07 bits per heavy atom. The maximum atomic E-state index is 12.9. The maximum Gasteiger partial charge on any atom is 0.348 e. The second-order valence-corrected chi connectivity index (χ2v) is 6.48. The summed E-state index contributed by atoms with van der Waals surface area (Å²) in [6, 6.07) is 12.3. The van der Waals surface area contributed by atoms with Gasteiger partial charge in [-0.15, -0.1) is 0 Å². The Bertz CT molecular complexity index is 1130. The SMILES string of the molecule is CCOC(=O)C1Oc2c(c(=O)oc3ccccc23)C1c1cccc(OC)c1OC. The van der Waals surface area contributed by atoms with Crippen molar-refractivity contribution in [3.63, 3.8) is 0 Å². The number of esters is 1. The first-order valence-electron chi connectivity index (χ1n) is 9.20. The molecule has 1 aliphatic rings. The van der Waals surface area contributed by atoms with Crippen molar-refractivity contribution in [1.29, 1.82) is 0 Å². The minimum Gasteiger partial charge on any atom is -0.493 e. The van der Waals surface area contributed by atoms with Gasteiger partial charge in [0.2, 0.25) is 6.10 Å². The van der Waals surface area contributed by atoms with Crippen LogP contribution in [0.1, 0.15) is 24.0 Å². The van der Waals surface area contributed by atoms with Gasteiger partial charge in [-0.3, -0.25) is 0 Å². The molecule has 2 heterocycles. The van der Waals surface area contributed by atoms with Crippen molar-refractivity contribution in [2.45, 2.75) is 18.9 Å². The average molecular weight is 396 g/mol. The summed E-state index contributed by atoms with van der Waals surface area (Å²) in [5.74, 6) is -0.119. The van der Waals surface area contributed by atoms with Crippen molar-refractivity contribution < 1.29 is 28.2 Å². The molecule has 1 aliphatic heterocycles. The Morgan fingerprint density at radius 2 is 1.86 bits per heavy atom. The number of hydrogen-bond donors (Lipinski definition) is 0. The molecule has 7 heteroatoms. The molecule has 0 saturated carbocycles. The van der Waals surface area contributed by atoms with Gasteiger partial charge in [0, 0.05) is 5.56 Å². The molecule has 2 aromatic carbocycles. The van der Waals surface area contributed by atoms with Gasteiger partial charge in [0.1, 0.15) is 11.3 Å². The molecule has 0 fully saturated rings. The molecule has 0 amide bonds. The molecule has 0 spiro atoms. The van der Waals surface area contributed by atoms with E-state index >= 15 is 0 Å². The summed E-state index contributed by atoms with van der Waals surface area (Å²) in [5.41, 5.74) is 0.650. The van der Waals surface area contributed by atoms with E-state index in [0.29, 0.717) is 33.8 Å². The number of methoxy groups -OCH3 is 2. The molecular weight excluding hydrogens is 376 g/mol. The molecule has 0 bridgehead atoms. The lowest BCUT2D eigenvalue weighted by Gasteiger charge is -2.20. The van der Waals surface area contributed by atoms with E-state index in [4.69, 9.17) is 23.4 Å². The Balaban J connectivity index is 2.00. The standard InChI is InChI=1S/C22H20O7/c1-4-27-22(24)20-16(13-9-7-11-15(25-2)18(13)26-3)17-19(29-20)12-8-5-6-10-14(12)28-21(17)23/h5-11,16,20H,4H2,1-3H3. The third-order valence-electron chi connectivity index (χ3n) is 4.94. The largest absolute Gasteiger partial charge is 0.493 e. The quantitative estimate of drug-likeness (QED) is 0.483. The number of ether oxygens (including phenoxy) is 4. The van der Waals surface area contributed by atoms with Crippen molar-refractivity contribution in [2.24, 2.45) is 0 Å². The highest BCUT2D eigenvalue weighted by Crippen LogP contribution is 2.48. The van der Waals surface area contributed by atoms with Crippen LogP contribution in [0.15, 0.2) is 51.7 Å². The summed E-state index contributed by atoms with van der Waals surface area (Å²) in [6.45, 7) is 1.90. The number of carbonyl (C=O) groups excluding carboxylic acids is 1. The molecule has 7 nitrogen and oxygen atoms in total. The highest BCUT2D eigenvalue weighted by molar-refractivity contribution is 5.88. The van der Waals surface area contributed by atoms with Crippen LogP contribution in [0.2, 0.25) is 0 Å². The molecule has 0 radical (unpaired) electrons. The maximum absolute atomic E-state index is 12.9. The Hall–Kier alpha value is -3.48. The summed E-state index contributed by atoms with van der Waals surface area (Å²) in [7, 11) is 3.02. The summed E-state index contributed by atoms with van der Waals surface area (Å²) in [5, 5.41) is 0.612. The van der Waals surface area contributed by atoms with Crippen LogP contribution in [0.3, 0.4) is 0 Å².